The number of nitrogens with zero attached hydrogens (tertiary/aromatic N) is 3. The van der Waals surface area contributed by atoms with Crippen LogP contribution in [-0.2, 0) is 18.6 Å². The maximum Gasteiger partial charge on any atom is 0.159 e. The van der Waals surface area contributed by atoms with E-state index in [-0.39, 0.29) is 12.1 Å². The molecule has 6 heteroatoms. The molecule has 0 amide bonds. The lowest BCUT2D eigenvalue weighted by molar-refractivity contribution is 0.248. The number of halogens is 2. The molecule has 2 rings (SSSR count). The lowest BCUT2D eigenvalue weighted by Gasteiger charge is -2.24. The smallest absolute Gasteiger partial charge is 0.159 e. The number of hydrogen-bond donors (Lipinski definition) is 1. The van der Waals surface area contributed by atoms with Gasteiger partial charge in [0.25, 0.3) is 0 Å². The van der Waals surface area contributed by atoms with Crippen LogP contribution in [0.2, 0.25) is 0 Å². The third-order valence-corrected chi connectivity index (χ3v) is 2.96. The van der Waals surface area contributed by atoms with Crippen LogP contribution in [-0.4, -0.2) is 19.9 Å². The number of aromatic nitrogens is 3. The fourth-order valence-electron chi connectivity index (χ4n) is 2.18. The van der Waals surface area contributed by atoms with Crippen molar-refractivity contribution < 1.29 is 13.9 Å². The van der Waals surface area contributed by atoms with Crippen LogP contribution in [0.3, 0.4) is 0 Å². The molecule has 1 aromatic carbocycles. The SMILES string of the molecule is CC(C)(C)n1c(CO)nnc1Cc1ccc(F)c(F)c1. The summed E-state index contributed by atoms with van der Waals surface area (Å²) in [5, 5.41) is 17.3. The van der Waals surface area contributed by atoms with Gasteiger partial charge in [0.1, 0.15) is 12.4 Å². The van der Waals surface area contributed by atoms with E-state index in [9.17, 15) is 13.9 Å². The predicted octanol–water partition coefficient (Wildman–Crippen LogP) is 2.39. The van der Waals surface area contributed by atoms with Crippen LogP contribution < -0.4 is 0 Å². The summed E-state index contributed by atoms with van der Waals surface area (Å²) < 4.78 is 28.0. The Morgan fingerprint density at radius 3 is 2.30 bits per heavy atom. The first-order valence-electron chi connectivity index (χ1n) is 6.31. The highest BCUT2D eigenvalue weighted by molar-refractivity contribution is 5.22. The Kier molecular flexibility index (Phi) is 3.85. The summed E-state index contributed by atoms with van der Waals surface area (Å²) in [6.45, 7) is 5.67. The van der Waals surface area contributed by atoms with Crippen LogP contribution in [0.15, 0.2) is 18.2 Å². The molecule has 0 aliphatic rings. The van der Waals surface area contributed by atoms with Crippen LogP contribution in [0.5, 0.6) is 0 Å². The molecular weight excluding hydrogens is 264 g/mol. The van der Waals surface area contributed by atoms with Crippen molar-refractivity contribution in [3.05, 3.63) is 47.0 Å². The number of benzene rings is 1. The topological polar surface area (TPSA) is 50.9 Å². The summed E-state index contributed by atoms with van der Waals surface area (Å²) in [7, 11) is 0. The van der Waals surface area contributed by atoms with Gasteiger partial charge in [-0.05, 0) is 38.5 Å². The van der Waals surface area contributed by atoms with Crippen LogP contribution in [0.4, 0.5) is 8.78 Å². The minimum atomic E-state index is -0.883. The Hall–Kier alpha value is -1.82. The summed E-state index contributed by atoms with van der Waals surface area (Å²) in [6, 6.07) is 3.75. The molecule has 1 N–H and O–H groups in total. The van der Waals surface area contributed by atoms with Crippen molar-refractivity contribution in [1.29, 1.82) is 0 Å². The largest absolute Gasteiger partial charge is 0.388 e. The van der Waals surface area contributed by atoms with Gasteiger partial charge in [-0.15, -0.1) is 10.2 Å². The van der Waals surface area contributed by atoms with Gasteiger partial charge in [0.2, 0.25) is 0 Å². The molecule has 0 saturated carbocycles. The van der Waals surface area contributed by atoms with Gasteiger partial charge in [-0.25, -0.2) is 8.78 Å². The molecule has 0 aliphatic carbocycles. The van der Waals surface area contributed by atoms with Gasteiger partial charge in [-0.2, -0.15) is 0 Å². The average Bonchev–Trinajstić information content (AvgIpc) is 2.76. The molecule has 0 bridgehead atoms. The van der Waals surface area contributed by atoms with Crippen molar-refractivity contribution >= 4 is 0 Å². The van der Waals surface area contributed by atoms with Crippen LogP contribution in [0.25, 0.3) is 0 Å². The molecule has 0 saturated heterocycles. The Morgan fingerprint density at radius 1 is 1.10 bits per heavy atom. The second-order valence-electron chi connectivity index (χ2n) is 5.62. The van der Waals surface area contributed by atoms with Crippen LogP contribution in [0.1, 0.15) is 38.0 Å². The maximum absolute atomic E-state index is 13.2. The van der Waals surface area contributed by atoms with Gasteiger partial charge in [0.05, 0.1) is 0 Å². The summed E-state index contributed by atoms with van der Waals surface area (Å²) in [6.07, 6.45) is 0.321. The van der Waals surface area contributed by atoms with Crippen molar-refractivity contribution in [3.8, 4) is 0 Å². The van der Waals surface area contributed by atoms with Crippen LogP contribution in [0, 0.1) is 11.6 Å². The molecule has 0 radical (unpaired) electrons. The molecule has 1 heterocycles. The number of aliphatic hydroxyl groups is 1. The fraction of sp³-hybridized carbons (Fsp3) is 0.429. The van der Waals surface area contributed by atoms with Crippen molar-refractivity contribution in [1.82, 2.24) is 14.8 Å². The molecule has 0 aliphatic heterocycles. The highest BCUT2D eigenvalue weighted by Gasteiger charge is 2.22. The van der Waals surface area contributed by atoms with E-state index < -0.39 is 11.6 Å². The monoisotopic (exact) mass is 281 g/mol. The van der Waals surface area contributed by atoms with Crippen molar-refractivity contribution in [2.24, 2.45) is 0 Å². The average molecular weight is 281 g/mol. The Bertz CT molecular complexity index is 617. The zero-order chi connectivity index (χ0) is 14.9. The molecule has 2 aromatic rings. The van der Waals surface area contributed by atoms with Gasteiger partial charge in [-0.3, -0.25) is 0 Å². The Morgan fingerprint density at radius 2 is 1.75 bits per heavy atom. The molecule has 1 aromatic heterocycles. The summed E-state index contributed by atoms with van der Waals surface area (Å²) in [5.41, 5.74) is 0.293. The number of rotatable bonds is 3. The zero-order valence-electron chi connectivity index (χ0n) is 11.7. The minimum Gasteiger partial charge on any atom is -0.388 e. The second kappa shape index (κ2) is 5.28. The van der Waals surface area contributed by atoms with E-state index in [1.807, 2.05) is 25.3 Å². The van der Waals surface area contributed by atoms with Gasteiger partial charge in [-0.1, -0.05) is 6.07 Å². The van der Waals surface area contributed by atoms with E-state index in [4.69, 9.17) is 0 Å². The number of aliphatic hydroxyl groups excluding tert-OH is 1. The van der Waals surface area contributed by atoms with Crippen molar-refractivity contribution in [2.75, 3.05) is 0 Å². The van der Waals surface area contributed by atoms with E-state index in [0.29, 0.717) is 23.6 Å². The molecule has 108 valence electrons. The summed E-state index contributed by atoms with van der Waals surface area (Å²) in [4.78, 5) is 0. The third kappa shape index (κ3) is 2.85. The highest BCUT2D eigenvalue weighted by Crippen LogP contribution is 2.21. The summed E-state index contributed by atoms with van der Waals surface area (Å²) in [5.74, 6) is -0.698. The van der Waals surface area contributed by atoms with Gasteiger partial charge >= 0.3 is 0 Å². The first-order valence-corrected chi connectivity index (χ1v) is 6.31. The van der Waals surface area contributed by atoms with E-state index in [1.54, 1.807) is 0 Å². The normalized spacial score (nSPS) is 11.9. The minimum absolute atomic E-state index is 0.220. The predicted molar refractivity (Wildman–Crippen MR) is 70.1 cm³/mol. The van der Waals surface area contributed by atoms with Gasteiger partial charge in [0, 0.05) is 12.0 Å². The van der Waals surface area contributed by atoms with E-state index in [2.05, 4.69) is 10.2 Å². The molecule has 0 atom stereocenters. The van der Waals surface area contributed by atoms with E-state index >= 15 is 0 Å². The zero-order valence-corrected chi connectivity index (χ0v) is 11.7. The fourth-order valence-corrected chi connectivity index (χ4v) is 2.18. The van der Waals surface area contributed by atoms with Crippen LogP contribution >= 0.6 is 0 Å². The molecular formula is C14H17F2N3O. The van der Waals surface area contributed by atoms with Crippen molar-refractivity contribution in [2.45, 2.75) is 39.3 Å². The highest BCUT2D eigenvalue weighted by atomic mass is 19.2. The first kappa shape index (κ1) is 14.6. The molecule has 0 unspecified atom stereocenters. The molecule has 4 nitrogen and oxygen atoms in total. The molecule has 20 heavy (non-hydrogen) atoms. The second-order valence-corrected chi connectivity index (χ2v) is 5.62. The lowest BCUT2D eigenvalue weighted by atomic mass is 10.1. The summed E-state index contributed by atoms with van der Waals surface area (Å²) >= 11 is 0. The van der Waals surface area contributed by atoms with E-state index in [1.165, 1.54) is 6.07 Å². The standard InChI is InChI=1S/C14H17F2N3O/c1-14(2,3)19-12(17-18-13(19)8-20)7-9-4-5-10(15)11(16)6-9/h4-6,20H,7-8H2,1-3H3. The molecule has 0 fully saturated rings. The number of hydrogen-bond acceptors (Lipinski definition) is 3. The lowest BCUT2D eigenvalue weighted by Crippen LogP contribution is -2.26. The van der Waals surface area contributed by atoms with Crippen molar-refractivity contribution in [3.63, 3.8) is 0 Å². The Labute approximate surface area is 116 Å². The first-order chi connectivity index (χ1) is 9.32. The quantitative estimate of drug-likeness (QED) is 0.940. The molecule has 0 spiro atoms. The Balaban J connectivity index is 2.38. The maximum atomic E-state index is 13.2. The van der Waals surface area contributed by atoms with E-state index in [0.717, 1.165) is 12.1 Å². The van der Waals surface area contributed by atoms with Gasteiger partial charge < -0.3 is 9.67 Å². The third-order valence-electron chi connectivity index (χ3n) is 2.96. The van der Waals surface area contributed by atoms with Gasteiger partial charge in [0.15, 0.2) is 17.5 Å².